The van der Waals surface area contributed by atoms with Crippen molar-refractivity contribution in [2.24, 2.45) is 17.3 Å². The number of allylic oxidation sites excluding steroid dienone is 4. The van der Waals surface area contributed by atoms with Crippen molar-refractivity contribution in [1.29, 1.82) is 0 Å². The molecule has 5 N–H and O–H groups in total. The molecule has 0 heterocycles. The van der Waals surface area contributed by atoms with Gasteiger partial charge in [0, 0.05) is 18.8 Å². The quantitative estimate of drug-likeness (QED) is 0.319. The fourth-order valence-corrected chi connectivity index (χ4v) is 2.18. The van der Waals surface area contributed by atoms with Gasteiger partial charge in [-0.05, 0) is 38.5 Å². The number of carbonyl (C=O) groups is 3. The summed E-state index contributed by atoms with van der Waals surface area (Å²) in [5, 5.41) is 41.4. The first-order valence-electron chi connectivity index (χ1n) is 9.68. The van der Waals surface area contributed by atoms with E-state index in [1.54, 1.807) is 0 Å². The molecule has 0 aliphatic heterocycles. The van der Waals surface area contributed by atoms with Crippen LogP contribution in [0.5, 0.6) is 0 Å². The van der Waals surface area contributed by atoms with E-state index in [1.165, 1.54) is 0 Å². The zero-order chi connectivity index (χ0) is 22.5. The Morgan fingerprint density at radius 1 is 0.828 bits per heavy atom. The van der Waals surface area contributed by atoms with Gasteiger partial charge in [-0.2, -0.15) is 0 Å². The van der Waals surface area contributed by atoms with E-state index in [0.29, 0.717) is 11.8 Å². The minimum atomic E-state index is -1.11. The van der Waals surface area contributed by atoms with Crippen LogP contribution >= 0.6 is 0 Å². The Labute approximate surface area is 172 Å². The van der Waals surface area contributed by atoms with Gasteiger partial charge in [-0.15, -0.1) is 0 Å². The SMILES string of the molecule is CC(=O)O.O=CC1CC=CCC1.O=CC1CC=CCC1.OCC(CO)(CO)CO. The van der Waals surface area contributed by atoms with Gasteiger partial charge in [0.05, 0.1) is 31.8 Å². The first-order chi connectivity index (χ1) is 13.8. The first-order valence-corrected chi connectivity index (χ1v) is 9.68. The van der Waals surface area contributed by atoms with E-state index in [0.717, 1.165) is 58.0 Å². The molecule has 0 bridgehead atoms. The summed E-state index contributed by atoms with van der Waals surface area (Å²) in [6.45, 7) is -0.542. The van der Waals surface area contributed by atoms with E-state index in [-0.39, 0.29) is 0 Å². The van der Waals surface area contributed by atoms with Crippen molar-refractivity contribution in [3.05, 3.63) is 24.3 Å². The van der Waals surface area contributed by atoms with Crippen molar-refractivity contribution in [3.8, 4) is 0 Å². The van der Waals surface area contributed by atoms with Crippen molar-refractivity contribution in [3.63, 3.8) is 0 Å². The Balaban J connectivity index is 0. The molecule has 8 heteroatoms. The lowest BCUT2D eigenvalue weighted by molar-refractivity contribution is -0.134. The molecule has 29 heavy (non-hydrogen) atoms. The van der Waals surface area contributed by atoms with Gasteiger partial charge in [0.2, 0.25) is 0 Å². The molecule has 0 saturated heterocycles. The van der Waals surface area contributed by atoms with Crippen LogP contribution in [0, 0.1) is 17.3 Å². The number of aliphatic carboxylic acids is 1. The lowest BCUT2D eigenvalue weighted by Crippen LogP contribution is -2.37. The summed E-state index contributed by atoms with van der Waals surface area (Å²) in [4.78, 5) is 29.3. The molecule has 2 aliphatic carbocycles. The third-order valence-electron chi connectivity index (χ3n) is 4.35. The fourth-order valence-electron chi connectivity index (χ4n) is 2.18. The predicted octanol–water partition coefficient (Wildman–Crippen LogP) is 1.12. The lowest BCUT2D eigenvalue weighted by Gasteiger charge is -2.23. The van der Waals surface area contributed by atoms with E-state index < -0.39 is 37.8 Å². The minimum Gasteiger partial charge on any atom is -0.481 e. The minimum absolute atomic E-state index is 0.319. The summed E-state index contributed by atoms with van der Waals surface area (Å²) >= 11 is 0. The van der Waals surface area contributed by atoms with Crippen molar-refractivity contribution < 1.29 is 39.9 Å². The number of hydrogen-bond acceptors (Lipinski definition) is 7. The van der Waals surface area contributed by atoms with Crippen LogP contribution in [0.2, 0.25) is 0 Å². The second kappa shape index (κ2) is 19.4. The third kappa shape index (κ3) is 16.8. The van der Waals surface area contributed by atoms with Crippen LogP contribution < -0.4 is 0 Å². The largest absolute Gasteiger partial charge is 0.481 e. The Morgan fingerprint density at radius 2 is 1.14 bits per heavy atom. The Kier molecular flexibility index (Phi) is 19.7. The van der Waals surface area contributed by atoms with Gasteiger partial charge in [0.1, 0.15) is 12.6 Å². The van der Waals surface area contributed by atoms with E-state index in [4.69, 9.17) is 30.3 Å². The molecule has 2 aliphatic rings. The van der Waals surface area contributed by atoms with Gasteiger partial charge >= 0.3 is 0 Å². The highest BCUT2D eigenvalue weighted by Crippen LogP contribution is 2.15. The molecule has 2 unspecified atom stereocenters. The summed E-state index contributed by atoms with van der Waals surface area (Å²) in [6, 6.07) is 0. The molecule has 168 valence electrons. The molecule has 0 aromatic heterocycles. The van der Waals surface area contributed by atoms with Gasteiger partial charge in [0.15, 0.2) is 0 Å². The molecule has 0 fully saturated rings. The Bertz CT molecular complexity index is 434. The lowest BCUT2D eigenvalue weighted by atomic mass is 9.93. The summed E-state index contributed by atoms with van der Waals surface area (Å²) in [6.07, 6.45) is 16.8. The maximum Gasteiger partial charge on any atom is 0.300 e. The summed E-state index contributed by atoms with van der Waals surface area (Å²) in [5.74, 6) is -0.194. The smallest absolute Gasteiger partial charge is 0.300 e. The average molecular weight is 417 g/mol. The van der Waals surface area contributed by atoms with Crippen LogP contribution in [0.15, 0.2) is 24.3 Å². The highest BCUT2D eigenvalue weighted by molar-refractivity contribution is 5.63. The number of carboxylic acid groups (broad SMARTS) is 1. The van der Waals surface area contributed by atoms with Crippen LogP contribution in [0.4, 0.5) is 0 Å². The van der Waals surface area contributed by atoms with E-state index in [2.05, 4.69) is 24.3 Å². The summed E-state index contributed by atoms with van der Waals surface area (Å²) in [5.41, 5.74) is -1.11. The molecule has 0 aromatic rings. The molecule has 0 radical (unpaired) electrons. The zero-order valence-electron chi connectivity index (χ0n) is 17.2. The van der Waals surface area contributed by atoms with E-state index >= 15 is 0 Å². The summed E-state index contributed by atoms with van der Waals surface area (Å²) < 4.78 is 0. The molecular weight excluding hydrogens is 380 g/mol. The normalized spacial score (nSPS) is 19.9. The number of aliphatic hydroxyl groups excluding tert-OH is 4. The zero-order valence-corrected chi connectivity index (χ0v) is 17.2. The van der Waals surface area contributed by atoms with Crippen LogP contribution in [-0.2, 0) is 14.4 Å². The molecular formula is C21H36O8. The van der Waals surface area contributed by atoms with Crippen LogP contribution in [0.1, 0.15) is 45.4 Å². The van der Waals surface area contributed by atoms with Crippen molar-refractivity contribution in [2.45, 2.75) is 45.4 Å². The predicted molar refractivity (Wildman–Crippen MR) is 109 cm³/mol. The molecule has 0 aromatic carbocycles. The first kappa shape index (κ1) is 29.3. The monoisotopic (exact) mass is 416 g/mol. The molecule has 0 saturated carbocycles. The van der Waals surface area contributed by atoms with E-state index in [1.807, 2.05) is 0 Å². The van der Waals surface area contributed by atoms with Gasteiger partial charge in [-0.25, -0.2) is 0 Å². The topological polar surface area (TPSA) is 152 Å². The molecule has 0 spiro atoms. The van der Waals surface area contributed by atoms with E-state index in [9.17, 15) is 9.59 Å². The standard InChI is InChI=1S/2C7H10O.C5H12O4.C2H4O2/c2*8-6-7-4-2-1-3-5-7;6-1-5(2-7,3-8)4-9;1-2(3)4/h2*1-2,6-7H,3-5H2;6-9H,1-4H2;1H3,(H,3,4). The third-order valence-corrected chi connectivity index (χ3v) is 4.35. The highest BCUT2D eigenvalue weighted by Gasteiger charge is 2.26. The number of aliphatic hydroxyl groups is 4. The highest BCUT2D eigenvalue weighted by atomic mass is 16.4. The van der Waals surface area contributed by atoms with Crippen molar-refractivity contribution >= 4 is 18.5 Å². The van der Waals surface area contributed by atoms with Gasteiger partial charge in [-0.3, -0.25) is 4.79 Å². The molecule has 8 nitrogen and oxygen atoms in total. The Morgan fingerprint density at radius 3 is 1.24 bits per heavy atom. The second-order valence-corrected chi connectivity index (χ2v) is 7.01. The van der Waals surface area contributed by atoms with Gasteiger partial charge in [-0.1, -0.05) is 24.3 Å². The van der Waals surface area contributed by atoms with Crippen LogP contribution in [0.25, 0.3) is 0 Å². The molecule has 2 rings (SSSR count). The van der Waals surface area contributed by atoms with Gasteiger partial charge in [0.25, 0.3) is 5.97 Å². The molecule has 2 atom stereocenters. The number of rotatable bonds is 6. The average Bonchev–Trinajstić information content (AvgIpc) is 2.77. The number of carboxylic acids is 1. The van der Waals surface area contributed by atoms with Crippen molar-refractivity contribution in [1.82, 2.24) is 0 Å². The van der Waals surface area contributed by atoms with Crippen LogP contribution in [-0.4, -0.2) is 70.5 Å². The molecule has 0 amide bonds. The number of aldehydes is 2. The maximum atomic E-state index is 10.1. The van der Waals surface area contributed by atoms with Crippen molar-refractivity contribution in [2.75, 3.05) is 26.4 Å². The van der Waals surface area contributed by atoms with Gasteiger partial charge < -0.3 is 35.1 Å². The number of hydrogen-bond donors (Lipinski definition) is 5. The fraction of sp³-hybridized carbons (Fsp3) is 0.667. The Hall–Kier alpha value is -1.87. The number of carbonyl (C=O) groups excluding carboxylic acids is 2. The maximum absolute atomic E-state index is 10.1. The van der Waals surface area contributed by atoms with Crippen LogP contribution in [0.3, 0.4) is 0 Å². The summed E-state index contributed by atoms with van der Waals surface area (Å²) in [7, 11) is 0. The second-order valence-electron chi connectivity index (χ2n) is 7.01.